The van der Waals surface area contributed by atoms with Gasteiger partial charge in [-0.1, -0.05) is 13.0 Å². The zero-order chi connectivity index (χ0) is 19.3. The third kappa shape index (κ3) is 4.77. The molecule has 144 valence electrons. The van der Waals surface area contributed by atoms with Gasteiger partial charge in [0.1, 0.15) is 5.75 Å². The molecule has 1 unspecified atom stereocenters. The van der Waals surface area contributed by atoms with Crippen LogP contribution >= 0.6 is 11.3 Å². The van der Waals surface area contributed by atoms with E-state index >= 15 is 0 Å². The molecule has 0 amide bonds. The van der Waals surface area contributed by atoms with Crippen LogP contribution in [0.4, 0.5) is 0 Å². The second-order valence-corrected chi connectivity index (χ2v) is 8.89. The minimum Gasteiger partial charge on any atom is -0.493 e. The summed E-state index contributed by atoms with van der Waals surface area (Å²) in [5.41, 5.74) is 0.799. The van der Waals surface area contributed by atoms with Crippen LogP contribution < -0.4 is 9.46 Å². The van der Waals surface area contributed by atoms with Gasteiger partial charge in [0.25, 0.3) is 0 Å². The quantitative estimate of drug-likeness (QED) is 0.590. The van der Waals surface area contributed by atoms with Gasteiger partial charge in [0.05, 0.1) is 17.5 Å². The number of benzene rings is 1. The van der Waals surface area contributed by atoms with Crippen LogP contribution in [0.15, 0.2) is 59.1 Å². The normalized spacial score (nSPS) is 12.8. The van der Waals surface area contributed by atoms with Crippen molar-refractivity contribution in [2.75, 3.05) is 13.2 Å². The number of aryl methyl sites for hydroxylation is 1. The maximum atomic E-state index is 12.8. The third-order valence-electron chi connectivity index (χ3n) is 4.10. The minimum atomic E-state index is -3.64. The van der Waals surface area contributed by atoms with E-state index in [4.69, 9.17) is 4.74 Å². The van der Waals surface area contributed by atoms with Crippen molar-refractivity contribution >= 4 is 21.4 Å². The van der Waals surface area contributed by atoms with Crippen molar-refractivity contribution in [2.45, 2.75) is 31.2 Å². The molecular weight excluding hydrogens is 382 g/mol. The molecule has 0 aliphatic rings. The summed E-state index contributed by atoms with van der Waals surface area (Å²) in [6.07, 6.45) is 4.43. The summed E-state index contributed by atoms with van der Waals surface area (Å²) >= 11 is 1.58. The van der Waals surface area contributed by atoms with E-state index in [-0.39, 0.29) is 17.5 Å². The zero-order valence-corrected chi connectivity index (χ0v) is 17.0. The van der Waals surface area contributed by atoms with Gasteiger partial charge in [-0.3, -0.25) is 4.68 Å². The molecule has 6 nitrogen and oxygen atoms in total. The summed E-state index contributed by atoms with van der Waals surface area (Å²) in [4.78, 5) is 1.27. The topological polar surface area (TPSA) is 73.2 Å². The van der Waals surface area contributed by atoms with Crippen molar-refractivity contribution in [3.8, 4) is 5.75 Å². The number of rotatable bonds is 9. The van der Waals surface area contributed by atoms with E-state index in [0.29, 0.717) is 12.4 Å². The molecule has 1 aromatic carbocycles. The van der Waals surface area contributed by atoms with Gasteiger partial charge in [-0.15, -0.1) is 11.3 Å². The number of hydrogen-bond acceptors (Lipinski definition) is 5. The maximum absolute atomic E-state index is 12.8. The lowest BCUT2D eigenvalue weighted by Crippen LogP contribution is -2.31. The smallest absolute Gasteiger partial charge is 0.240 e. The molecule has 0 bridgehead atoms. The third-order valence-corrected chi connectivity index (χ3v) is 6.50. The van der Waals surface area contributed by atoms with Crippen LogP contribution in [0.25, 0.3) is 0 Å². The molecule has 2 heterocycles. The van der Waals surface area contributed by atoms with Crippen LogP contribution in [0.1, 0.15) is 29.8 Å². The van der Waals surface area contributed by atoms with E-state index in [1.54, 1.807) is 40.4 Å². The van der Waals surface area contributed by atoms with E-state index < -0.39 is 10.0 Å². The van der Waals surface area contributed by atoms with Crippen molar-refractivity contribution < 1.29 is 13.2 Å². The minimum absolute atomic E-state index is 0.192. The van der Waals surface area contributed by atoms with E-state index in [0.717, 1.165) is 16.9 Å². The van der Waals surface area contributed by atoms with E-state index in [9.17, 15) is 8.42 Å². The van der Waals surface area contributed by atoms with Crippen LogP contribution in [0.5, 0.6) is 5.75 Å². The Morgan fingerprint density at radius 1 is 1.30 bits per heavy atom. The Labute approximate surface area is 163 Å². The molecule has 0 aliphatic carbocycles. The molecule has 1 N–H and O–H groups in total. The second-order valence-electron chi connectivity index (χ2n) is 6.14. The monoisotopic (exact) mass is 405 g/mol. The molecule has 2 aromatic heterocycles. The summed E-state index contributed by atoms with van der Waals surface area (Å²) in [7, 11) is -3.64. The first-order valence-corrected chi connectivity index (χ1v) is 11.1. The van der Waals surface area contributed by atoms with Gasteiger partial charge in [-0.25, -0.2) is 13.1 Å². The van der Waals surface area contributed by atoms with Crippen molar-refractivity contribution in [3.63, 3.8) is 0 Å². The zero-order valence-electron chi connectivity index (χ0n) is 15.3. The highest BCUT2D eigenvalue weighted by Gasteiger charge is 2.21. The molecule has 1 atom stereocenters. The molecule has 3 rings (SSSR count). The SMILES string of the molecule is CCCOc1ccc(S(=O)(=O)NCC(c2cccs2)n2cccn2)cc1C. The lowest BCUT2D eigenvalue weighted by molar-refractivity contribution is 0.315. The van der Waals surface area contributed by atoms with Gasteiger partial charge >= 0.3 is 0 Å². The number of ether oxygens (including phenoxy) is 1. The highest BCUT2D eigenvalue weighted by Crippen LogP contribution is 2.24. The van der Waals surface area contributed by atoms with Crippen LogP contribution in [0.2, 0.25) is 0 Å². The maximum Gasteiger partial charge on any atom is 0.240 e. The summed E-state index contributed by atoms with van der Waals surface area (Å²) in [5.74, 6) is 0.712. The molecule has 0 fully saturated rings. The number of aromatic nitrogens is 2. The van der Waals surface area contributed by atoms with Gasteiger partial charge in [0.2, 0.25) is 10.0 Å². The van der Waals surface area contributed by atoms with Crippen LogP contribution in [0, 0.1) is 6.92 Å². The predicted molar refractivity (Wildman–Crippen MR) is 107 cm³/mol. The fourth-order valence-electron chi connectivity index (χ4n) is 2.71. The molecule has 0 aliphatic heterocycles. The summed E-state index contributed by atoms with van der Waals surface area (Å²) in [5, 5.41) is 6.24. The van der Waals surface area contributed by atoms with Crippen molar-refractivity contribution in [1.82, 2.24) is 14.5 Å². The number of nitrogens with zero attached hydrogens (tertiary/aromatic N) is 2. The largest absolute Gasteiger partial charge is 0.493 e. The highest BCUT2D eigenvalue weighted by atomic mass is 32.2. The molecule has 0 saturated heterocycles. The number of thiophene rings is 1. The lowest BCUT2D eigenvalue weighted by atomic mass is 10.2. The van der Waals surface area contributed by atoms with E-state index in [2.05, 4.69) is 9.82 Å². The fraction of sp³-hybridized carbons (Fsp3) is 0.316. The number of sulfonamides is 1. The average molecular weight is 406 g/mol. The average Bonchev–Trinajstić information content (AvgIpc) is 3.35. The Bertz CT molecular complexity index is 918. The van der Waals surface area contributed by atoms with Gasteiger partial charge in [-0.2, -0.15) is 5.10 Å². The van der Waals surface area contributed by atoms with Gasteiger partial charge in [0.15, 0.2) is 0 Å². The van der Waals surface area contributed by atoms with Gasteiger partial charge in [0, 0.05) is 23.8 Å². The molecule has 0 spiro atoms. The molecular formula is C19H23N3O3S2. The Morgan fingerprint density at radius 3 is 2.78 bits per heavy atom. The number of nitrogens with one attached hydrogen (secondary N) is 1. The molecule has 27 heavy (non-hydrogen) atoms. The first-order chi connectivity index (χ1) is 13.0. The Kier molecular flexibility index (Phi) is 6.30. The van der Waals surface area contributed by atoms with E-state index in [1.165, 1.54) is 0 Å². The Balaban J connectivity index is 1.76. The molecule has 0 radical (unpaired) electrons. The van der Waals surface area contributed by atoms with Crippen LogP contribution in [-0.2, 0) is 10.0 Å². The first-order valence-electron chi connectivity index (χ1n) is 8.77. The van der Waals surface area contributed by atoms with Crippen molar-refractivity contribution in [3.05, 3.63) is 64.6 Å². The lowest BCUT2D eigenvalue weighted by Gasteiger charge is -2.17. The fourth-order valence-corrected chi connectivity index (χ4v) is 4.65. The Morgan fingerprint density at radius 2 is 2.15 bits per heavy atom. The van der Waals surface area contributed by atoms with Crippen LogP contribution in [0.3, 0.4) is 0 Å². The molecule has 3 aromatic rings. The molecule has 0 saturated carbocycles. The number of hydrogen-bond donors (Lipinski definition) is 1. The Hall–Kier alpha value is -2.16. The van der Waals surface area contributed by atoms with E-state index in [1.807, 2.05) is 43.6 Å². The highest BCUT2D eigenvalue weighted by molar-refractivity contribution is 7.89. The predicted octanol–water partition coefficient (Wildman–Crippen LogP) is 3.61. The second kappa shape index (κ2) is 8.69. The first kappa shape index (κ1) is 19.6. The van der Waals surface area contributed by atoms with Crippen molar-refractivity contribution in [2.24, 2.45) is 0 Å². The standard InChI is InChI=1S/C19H23N3O3S2/c1-3-11-25-18-8-7-16(13-15(18)2)27(23,24)21-14-17(19-6-4-12-26-19)22-10-5-9-20-22/h4-10,12-13,17,21H,3,11,14H2,1-2H3. The van der Waals surface area contributed by atoms with Gasteiger partial charge < -0.3 is 4.74 Å². The van der Waals surface area contributed by atoms with Gasteiger partial charge in [-0.05, 0) is 54.6 Å². The summed E-state index contributed by atoms with van der Waals surface area (Å²) in [6, 6.07) is 10.5. The summed E-state index contributed by atoms with van der Waals surface area (Å²) in [6.45, 7) is 4.71. The summed E-state index contributed by atoms with van der Waals surface area (Å²) < 4.78 is 35.7. The van der Waals surface area contributed by atoms with Crippen LogP contribution in [-0.4, -0.2) is 31.3 Å². The van der Waals surface area contributed by atoms with Crippen molar-refractivity contribution in [1.29, 1.82) is 0 Å². The molecule has 8 heteroatoms.